The van der Waals surface area contributed by atoms with Gasteiger partial charge in [0.15, 0.2) is 0 Å². The number of anilines is 1. The second kappa shape index (κ2) is 4.95. The molecule has 0 amide bonds. The van der Waals surface area contributed by atoms with Gasteiger partial charge >= 0.3 is 0 Å². The molecule has 0 aromatic heterocycles. The first-order valence-corrected chi connectivity index (χ1v) is 6.04. The van der Waals surface area contributed by atoms with Crippen molar-refractivity contribution in [3.8, 4) is 0 Å². The number of rotatable bonds is 5. The van der Waals surface area contributed by atoms with Crippen molar-refractivity contribution in [1.82, 2.24) is 0 Å². The summed E-state index contributed by atoms with van der Waals surface area (Å²) < 4.78 is 25.0. The fourth-order valence-electron chi connectivity index (χ4n) is 1.05. The van der Waals surface area contributed by atoms with E-state index in [4.69, 9.17) is 5.11 Å². The van der Waals surface area contributed by atoms with E-state index in [-0.39, 0.29) is 12.4 Å². The van der Waals surface area contributed by atoms with Crippen LogP contribution < -0.4 is 4.72 Å². The maximum absolute atomic E-state index is 11.3. The van der Waals surface area contributed by atoms with Gasteiger partial charge in [0.05, 0.1) is 12.4 Å². The largest absolute Gasteiger partial charge is 0.392 e. The summed E-state index contributed by atoms with van der Waals surface area (Å²) in [6.07, 6.45) is 1.32. The van der Waals surface area contributed by atoms with Crippen molar-refractivity contribution >= 4 is 15.7 Å². The van der Waals surface area contributed by atoms with E-state index in [2.05, 4.69) is 11.3 Å². The summed E-state index contributed by atoms with van der Waals surface area (Å²) >= 11 is 0. The molecule has 0 bridgehead atoms. The maximum atomic E-state index is 11.3. The zero-order valence-corrected chi connectivity index (χ0v) is 9.00. The number of nitrogens with one attached hydrogen (secondary N) is 1. The normalized spacial score (nSPS) is 11.0. The third-order valence-corrected chi connectivity index (χ3v) is 2.97. The standard InChI is InChI=1S/C10H13NO3S/c1-2-7-15(13,14)11-10-5-3-9(8-12)4-6-10/h2-6,11-12H,1,7-8H2. The first-order chi connectivity index (χ1) is 7.07. The van der Waals surface area contributed by atoms with Crippen molar-refractivity contribution in [2.45, 2.75) is 6.61 Å². The minimum absolute atomic E-state index is 0.0559. The molecule has 0 aliphatic carbocycles. The summed E-state index contributed by atoms with van der Waals surface area (Å²) in [6.45, 7) is 3.31. The molecule has 0 aliphatic heterocycles. The van der Waals surface area contributed by atoms with Crippen LogP contribution in [0.3, 0.4) is 0 Å². The molecular weight excluding hydrogens is 214 g/mol. The lowest BCUT2D eigenvalue weighted by molar-refractivity contribution is 0.282. The van der Waals surface area contributed by atoms with E-state index in [0.717, 1.165) is 5.56 Å². The molecule has 1 aromatic rings. The zero-order chi connectivity index (χ0) is 11.3. The monoisotopic (exact) mass is 227 g/mol. The summed E-state index contributed by atoms with van der Waals surface area (Å²) in [4.78, 5) is 0. The van der Waals surface area contributed by atoms with Gasteiger partial charge in [-0.05, 0) is 17.7 Å². The number of hydrogen-bond donors (Lipinski definition) is 2. The highest BCUT2D eigenvalue weighted by atomic mass is 32.2. The second-order valence-electron chi connectivity index (χ2n) is 3.03. The number of hydrogen-bond acceptors (Lipinski definition) is 3. The van der Waals surface area contributed by atoms with Gasteiger partial charge in [-0.25, -0.2) is 8.42 Å². The number of sulfonamides is 1. The van der Waals surface area contributed by atoms with Crippen molar-refractivity contribution < 1.29 is 13.5 Å². The molecule has 15 heavy (non-hydrogen) atoms. The topological polar surface area (TPSA) is 66.4 Å². The molecule has 0 fully saturated rings. The number of aliphatic hydroxyl groups is 1. The zero-order valence-electron chi connectivity index (χ0n) is 8.18. The van der Waals surface area contributed by atoms with Gasteiger partial charge in [0.2, 0.25) is 10.0 Å². The van der Waals surface area contributed by atoms with Gasteiger partial charge in [-0.2, -0.15) is 0 Å². The molecule has 5 heteroatoms. The van der Waals surface area contributed by atoms with Crippen LogP contribution in [-0.4, -0.2) is 19.3 Å². The molecule has 4 nitrogen and oxygen atoms in total. The van der Waals surface area contributed by atoms with Gasteiger partial charge in [-0.3, -0.25) is 4.72 Å². The van der Waals surface area contributed by atoms with Gasteiger partial charge in [0.1, 0.15) is 0 Å². The highest BCUT2D eigenvalue weighted by Crippen LogP contribution is 2.11. The summed E-state index contributed by atoms with van der Waals surface area (Å²) in [6, 6.07) is 6.52. The van der Waals surface area contributed by atoms with E-state index < -0.39 is 10.0 Å². The van der Waals surface area contributed by atoms with Crippen LogP contribution in [0, 0.1) is 0 Å². The summed E-state index contributed by atoms with van der Waals surface area (Å²) in [5, 5.41) is 8.79. The minimum Gasteiger partial charge on any atom is -0.392 e. The predicted octanol–water partition coefficient (Wildman–Crippen LogP) is 1.11. The van der Waals surface area contributed by atoms with Crippen molar-refractivity contribution in [3.63, 3.8) is 0 Å². The molecule has 0 aliphatic rings. The number of benzene rings is 1. The molecular formula is C10H13NO3S. The van der Waals surface area contributed by atoms with Gasteiger partial charge in [0.25, 0.3) is 0 Å². The Labute approximate surface area is 89.3 Å². The Kier molecular flexibility index (Phi) is 3.88. The first kappa shape index (κ1) is 11.7. The second-order valence-corrected chi connectivity index (χ2v) is 4.79. The van der Waals surface area contributed by atoms with E-state index >= 15 is 0 Å². The molecule has 82 valence electrons. The highest BCUT2D eigenvalue weighted by Gasteiger charge is 2.06. The smallest absolute Gasteiger partial charge is 0.236 e. The molecule has 0 radical (unpaired) electrons. The lowest BCUT2D eigenvalue weighted by Crippen LogP contribution is -2.15. The Morgan fingerprint density at radius 1 is 1.33 bits per heavy atom. The fraction of sp³-hybridized carbons (Fsp3) is 0.200. The molecule has 0 unspecified atom stereocenters. The Morgan fingerprint density at radius 2 is 1.93 bits per heavy atom. The van der Waals surface area contributed by atoms with Crippen LogP contribution >= 0.6 is 0 Å². The number of aliphatic hydroxyl groups excluding tert-OH is 1. The van der Waals surface area contributed by atoms with Crippen LogP contribution in [0.15, 0.2) is 36.9 Å². The van der Waals surface area contributed by atoms with E-state index in [1.54, 1.807) is 24.3 Å². The molecule has 1 rings (SSSR count). The fourth-order valence-corrected chi connectivity index (χ4v) is 1.94. The van der Waals surface area contributed by atoms with E-state index in [9.17, 15) is 8.42 Å². The van der Waals surface area contributed by atoms with Gasteiger partial charge in [-0.15, -0.1) is 6.58 Å². The van der Waals surface area contributed by atoms with Crippen LogP contribution in [0.4, 0.5) is 5.69 Å². The van der Waals surface area contributed by atoms with Crippen LogP contribution in [-0.2, 0) is 16.6 Å². The van der Waals surface area contributed by atoms with E-state index in [1.165, 1.54) is 6.08 Å². The average molecular weight is 227 g/mol. The van der Waals surface area contributed by atoms with Gasteiger partial charge in [0, 0.05) is 5.69 Å². The SMILES string of the molecule is C=CCS(=O)(=O)Nc1ccc(CO)cc1. The molecule has 0 saturated carbocycles. The Balaban J connectivity index is 2.77. The first-order valence-electron chi connectivity index (χ1n) is 4.38. The molecule has 2 N–H and O–H groups in total. The highest BCUT2D eigenvalue weighted by molar-refractivity contribution is 7.92. The van der Waals surface area contributed by atoms with Crippen LogP contribution in [0.2, 0.25) is 0 Å². The van der Waals surface area contributed by atoms with Crippen molar-refractivity contribution in [2.24, 2.45) is 0 Å². The average Bonchev–Trinajstić information content (AvgIpc) is 2.18. The van der Waals surface area contributed by atoms with Crippen molar-refractivity contribution in [3.05, 3.63) is 42.5 Å². The van der Waals surface area contributed by atoms with Gasteiger partial charge < -0.3 is 5.11 Å². The van der Waals surface area contributed by atoms with Crippen molar-refractivity contribution in [1.29, 1.82) is 0 Å². The Bertz CT molecular complexity index is 422. The quantitative estimate of drug-likeness (QED) is 0.740. The van der Waals surface area contributed by atoms with Crippen LogP contribution in [0.5, 0.6) is 0 Å². The molecule has 0 heterocycles. The predicted molar refractivity (Wildman–Crippen MR) is 60.0 cm³/mol. The maximum Gasteiger partial charge on any atom is 0.236 e. The van der Waals surface area contributed by atoms with Crippen LogP contribution in [0.1, 0.15) is 5.56 Å². The summed E-state index contributed by atoms with van der Waals surface area (Å²) in [7, 11) is -3.33. The minimum atomic E-state index is -3.33. The van der Waals surface area contributed by atoms with E-state index in [1.807, 2.05) is 0 Å². The van der Waals surface area contributed by atoms with E-state index in [0.29, 0.717) is 5.69 Å². The molecule has 0 saturated heterocycles. The summed E-state index contributed by atoms with van der Waals surface area (Å²) in [5.41, 5.74) is 1.22. The van der Waals surface area contributed by atoms with Crippen molar-refractivity contribution in [2.75, 3.05) is 10.5 Å². The lowest BCUT2D eigenvalue weighted by atomic mass is 10.2. The third kappa shape index (κ3) is 3.73. The molecule has 0 spiro atoms. The third-order valence-electron chi connectivity index (χ3n) is 1.75. The van der Waals surface area contributed by atoms with Crippen LogP contribution in [0.25, 0.3) is 0 Å². The summed E-state index contributed by atoms with van der Waals surface area (Å²) in [5.74, 6) is -0.116. The van der Waals surface area contributed by atoms with Gasteiger partial charge in [-0.1, -0.05) is 18.2 Å². The lowest BCUT2D eigenvalue weighted by Gasteiger charge is -2.06. The molecule has 1 aromatic carbocycles. The molecule has 0 atom stereocenters. The Morgan fingerprint density at radius 3 is 2.40 bits per heavy atom. The Hall–Kier alpha value is -1.33.